The van der Waals surface area contributed by atoms with E-state index in [1.165, 1.54) is 11.3 Å². The normalized spacial score (nSPS) is 10.9. The van der Waals surface area contributed by atoms with E-state index in [0.29, 0.717) is 5.89 Å². The summed E-state index contributed by atoms with van der Waals surface area (Å²) in [7, 11) is 1.94. The summed E-state index contributed by atoms with van der Waals surface area (Å²) in [5, 5.41) is 3.10. The highest BCUT2D eigenvalue weighted by atomic mass is 35.5. The first kappa shape index (κ1) is 11.6. The van der Waals surface area contributed by atoms with Crippen LogP contribution in [-0.4, -0.2) is 18.6 Å². The van der Waals surface area contributed by atoms with Crippen molar-refractivity contribution in [3.05, 3.63) is 28.4 Å². The Labute approximate surface area is 103 Å². The van der Waals surface area contributed by atoms with E-state index in [0.717, 1.165) is 34.4 Å². The molecule has 0 aliphatic rings. The zero-order valence-corrected chi connectivity index (χ0v) is 10.6. The topological polar surface area (TPSA) is 38.1 Å². The van der Waals surface area contributed by atoms with E-state index in [-0.39, 0.29) is 0 Å². The standard InChI is InChI=1S/C11H13ClN2OS/c1-13-6-2-3-8-7-14-11(15-8)9-4-5-10(12)16-9/h4-5,7,13H,2-3,6H2,1H3. The fourth-order valence-corrected chi connectivity index (χ4v) is 2.38. The van der Waals surface area contributed by atoms with Crippen LogP contribution < -0.4 is 5.32 Å². The molecule has 0 radical (unpaired) electrons. The largest absolute Gasteiger partial charge is 0.440 e. The molecule has 86 valence electrons. The lowest BCUT2D eigenvalue weighted by Gasteiger charge is -1.95. The molecule has 2 rings (SSSR count). The second-order valence-electron chi connectivity index (χ2n) is 3.44. The smallest absolute Gasteiger partial charge is 0.236 e. The molecule has 3 nitrogen and oxygen atoms in total. The van der Waals surface area contributed by atoms with Gasteiger partial charge in [-0.15, -0.1) is 11.3 Å². The van der Waals surface area contributed by atoms with Gasteiger partial charge in [0, 0.05) is 6.42 Å². The summed E-state index contributed by atoms with van der Waals surface area (Å²) in [5.41, 5.74) is 0. The summed E-state index contributed by atoms with van der Waals surface area (Å²) in [6, 6.07) is 3.78. The number of nitrogens with one attached hydrogen (secondary N) is 1. The molecule has 0 saturated carbocycles. The van der Waals surface area contributed by atoms with Crippen LogP contribution in [0, 0.1) is 0 Å². The van der Waals surface area contributed by atoms with Crippen LogP contribution in [0.2, 0.25) is 4.34 Å². The average molecular weight is 257 g/mol. The van der Waals surface area contributed by atoms with E-state index in [2.05, 4.69) is 10.3 Å². The van der Waals surface area contributed by atoms with Crippen LogP contribution in [0.25, 0.3) is 10.8 Å². The lowest BCUT2D eigenvalue weighted by Crippen LogP contribution is -2.08. The maximum Gasteiger partial charge on any atom is 0.236 e. The molecule has 5 heteroatoms. The Hall–Kier alpha value is -0.840. The summed E-state index contributed by atoms with van der Waals surface area (Å²) >= 11 is 7.34. The molecule has 0 aliphatic heterocycles. The van der Waals surface area contributed by atoms with E-state index in [9.17, 15) is 0 Å². The lowest BCUT2D eigenvalue weighted by molar-refractivity contribution is 0.508. The van der Waals surface area contributed by atoms with Crippen molar-refractivity contribution < 1.29 is 4.42 Å². The summed E-state index contributed by atoms with van der Waals surface area (Å²) in [4.78, 5) is 5.22. The number of thiophene rings is 1. The predicted octanol–water partition coefficient (Wildman–Crippen LogP) is 3.21. The number of hydrogen-bond donors (Lipinski definition) is 1. The van der Waals surface area contributed by atoms with E-state index >= 15 is 0 Å². The van der Waals surface area contributed by atoms with Gasteiger partial charge in [0.1, 0.15) is 5.76 Å². The third-order valence-electron chi connectivity index (χ3n) is 2.19. The molecule has 2 aromatic rings. The van der Waals surface area contributed by atoms with Gasteiger partial charge in [0.25, 0.3) is 0 Å². The van der Waals surface area contributed by atoms with Crippen LogP contribution in [-0.2, 0) is 6.42 Å². The van der Waals surface area contributed by atoms with Crippen LogP contribution in [0.1, 0.15) is 12.2 Å². The minimum Gasteiger partial charge on any atom is -0.440 e. The predicted molar refractivity (Wildman–Crippen MR) is 67.1 cm³/mol. The molecule has 0 unspecified atom stereocenters. The van der Waals surface area contributed by atoms with E-state index < -0.39 is 0 Å². The number of oxazole rings is 1. The van der Waals surface area contributed by atoms with Crippen molar-refractivity contribution in [2.75, 3.05) is 13.6 Å². The fourth-order valence-electron chi connectivity index (χ4n) is 1.41. The molecular weight excluding hydrogens is 244 g/mol. The molecule has 16 heavy (non-hydrogen) atoms. The lowest BCUT2D eigenvalue weighted by atomic mass is 10.3. The van der Waals surface area contributed by atoms with Gasteiger partial charge in [-0.25, -0.2) is 4.98 Å². The first-order chi connectivity index (χ1) is 7.79. The van der Waals surface area contributed by atoms with Gasteiger partial charge in [-0.05, 0) is 32.1 Å². The van der Waals surface area contributed by atoms with E-state index in [1.807, 2.05) is 19.2 Å². The van der Waals surface area contributed by atoms with Crippen molar-refractivity contribution in [3.8, 4) is 10.8 Å². The summed E-state index contributed by atoms with van der Waals surface area (Å²) in [5.74, 6) is 1.59. The van der Waals surface area contributed by atoms with Crippen LogP contribution in [0.4, 0.5) is 0 Å². The van der Waals surface area contributed by atoms with Crippen molar-refractivity contribution >= 4 is 22.9 Å². The Morgan fingerprint density at radius 3 is 3.06 bits per heavy atom. The van der Waals surface area contributed by atoms with Crippen LogP contribution >= 0.6 is 22.9 Å². The van der Waals surface area contributed by atoms with Gasteiger partial charge in [-0.3, -0.25) is 0 Å². The molecule has 2 heterocycles. The summed E-state index contributed by atoms with van der Waals surface area (Å²) in [6.07, 6.45) is 3.75. The van der Waals surface area contributed by atoms with Crippen molar-refractivity contribution in [2.45, 2.75) is 12.8 Å². The second kappa shape index (κ2) is 5.48. The van der Waals surface area contributed by atoms with E-state index in [1.54, 1.807) is 6.20 Å². The molecule has 0 fully saturated rings. The third-order valence-corrected chi connectivity index (χ3v) is 3.41. The molecule has 2 aromatic heterocycles. The van der Waals surface area contributed by atoms with Crippen LogP contribution in [0.15, 0.2) is 22.7 Å². The number of aryl methyl sites for hydroxylation is 1. The number of rotatable bonds is 5. The number of halogens is 1. The first-order valence-corrected chi connectivity index (χ1v) is 6.34. The van der Waals surface area contributed by atoms with Crippen molar-refractivity contribution in [1.29, 1.82) is 0 Å². The quantitative estimate of drug-likeness (QED) is 0.835. The Balaban J connectivity index is 2.02. The van der Waals surface area contributed by atoms with Crippen molar-refractivity contribution in [1.82, 2.24) is 10.3 Å². The molecule has 0 atom stereocenters. The highest BCUT2D eigenvalue weighted by molar-refractivity contribution is 7.19. The fraction of sp³-hybridized carbons (Fsp3) is 0.364. The van der Waals surface area contributed by atoms with Gasteiger partial charge < -0.3 is 9.73 Å². The molecule has 0 spiro atoms. The van der Waals surface area contributed by atoms with Gasteiger partial charge in [-0.1, -0.05) is 11.6 Å². The number of aromatic nitrogens is 1. The highest BCUT2D eigenvalue weighted by Crippen LogP contribution is 2.30. The van der Waals surface area contributed by atoms with Gasteiger partial charge in [0.05, 0.1) is 15.4 Å². The van der Waals surface area contributed by atoms with Gasteiger partial charge >= 0.3 is 0 Å². The minimum absolute atomic E-state index is 0.663. The molecule has 0 amide bonds. The van der Waals surface area contributed by atoms with E-state index in [4.69, 9.17) is 16.0 Å². The molecule has 0 aliphatic carbocycles. The highest BCUT2D eigenvalue weighted by Gasteiger charge is 2.08. The Morgan fingerprint density at radius 2 is 2.38 bits per heavy atom. The first-order valence-electron chi connectivity index (χ1n) is 5.14. The number of nitrogens with zero attached hydrogens (tertiary/aromatic N) is 1. The molecule has 0 bridgehead atoms. The Bertz CT molecular complexity index is 452. The molecule has 0 aromatic carbocycles. The summed E-state index contributed by atoms with van der Waals surface area (Å²) in [6.45, 7) is 0.987. The molecule has 0 saturated heterocycles. The zero-order valence-electron chi connectivity index (χ0n) is 9.00. The van der Waals surface area contributed by atoms with Crippen LogP contribution in [0.3, 0.4) is 0 Å². The van der Waals surface area contributed by atoms with Gasteiger partial charge in [-0.2, -0.15) is 0 Å². The minimum atomic E-state index is 0.663. The summed E-state index contributed by atoms with van der Waals surface area (Å²) < 4.78 is 6.40. The maximum atomic E-state index is 5.86. The molecule has 1 N–H and O–H groups in total. The Morgan fingerprint density at radius 1 is 1.50 bits per heavy atom. The second-order valence-corrected chi connectivity index (χ2v) is 5.16. The van der Waals surface area contributed by atoms with Gasteiger partial charge in [0.15, 0.2) is 0 Å². The average Bonchev–Trinajstić information content (AvgIpc) is 2.87. The van der Waals surface area contributed by atoms with Gasteiger partial charge in [0.2, 0.25) is 5.89 Å². The van der Waals surface area contributed by atoms with Crippen molar-refractivity contribution in [2.24, 2.45) is 0 Å². The van der Waals surface area contributed by atoms with Crippen LogP contribution in [0.5, 0.6) is 0 Å². The number of hydrogen-bond acceptors (Lipinski definition) is 4. The zero-order chi connectivity index (χ0) is 11.4. The third kappa shape index (κ3) is 2.84. The SMILES string of the molecule is CNCCCc1cnc(-c2ccc(Cl)s2)o1. The Kier molecular flexibility index (Phi) is 3.98. The maximum absolute atomic E-state index is 5.86. The monoisotopic (exact) mass is 256 g/mol. The van der Waals surface area contributed by atoms with Crippen molar-refractivity contribution in [3.63, 3.8) is 0 Å². The molecular formula is C11H13ClN2OS.